The van der Waals surface area contributed by atoms with Crippen LogP contribution in [0.5, 0.6) is 5.88 Å². The van der Waals surface area contributed by atoms with Gasteiger partial charge in [-0.2, -0.15) is 10.2 Å². The molecule has 1 aromatic heterocycles. The van der Waals surface area contributed by atoms with Gasteiger partial charge in [0.1, 0.15) is 11.6 Å². The van der Waals surface area contributed by atoms with Gasteiger partial charge in [-0.3, -0.25) is 0 Å². The number of pyridine rings is 1. The number of alkyl halides is 3. The Morgan fingerprint density at radius 1 is 1.44 bits per heavy atom. The molecule has 98 valence electrons. The molecule has 0 aliphatic carbocycles. The highest BCUT2D eigenvalue weighted by Gasteiger charge is 2.34. The zero-order valence-corrected chi connectivity index (χ0v) is 9.21. The molecule has 0 radical (unpaired) electrons. The van der Waals surface area contributed by atoms with Crippen LogP contribution in [0.2, 0.25) is 0 Å². The van der Waals surface area contributed by atoms with E-state index < -0.39 is 38.5 Å². The molecule has 0 spiro atoms. The van der Waals surface area contributed by atoms with Crippen LogP contribution in [0.25, 0.3) is 0 Å². The molecule has 18 heavy (non-hydrogen) atoms. The average Bonchev–Trinajstić information content (AvgIpc) is 2.13. The zero-order valence-electron chi connectivity index (χ0n) is 8.39. The maximum atomic E-state index is 12.0. The van der Waals surface area contributed by atoms with E-state index in [2.05, 4.69) is 14.9 Å². The lowest BCUT2D eigenvalue weighted by atomic mass is 10.2. The molecule has 1 heterocycles. The van der Waals surface area contributed by atoms with Gasteiger partial charge < -0.3 is 10.5 Å². The summed E-state index contributed by atoms with van der Waals surface area (Å²) in [5, 5.41) is 12.3. The number of halogens is 3. The van der Waals surface area contributed by atoms with E-state index >= 15 is 0 Å². The molecule has 0 unspecified atom stereocenters. The summed E-state index contributed by atoms with van der Waals surface area (Å²) in [6.07, 6.45) is -5.15. The van der Waals surface area contributed by atoms with Crippen LogP contribution in [0.3, 0.4) is 0 Å². The molecule has 0 aliphatic heterocycles. The Labute approximate surface area is 98.8 Å². The number of ether oxygens (including phenoxy) is 1. The zero-order chi connectivity index (χ0) is 14.1. The van der Waals surface area contributed by atoms with Crippen molar-refractivity contribution in [2.75, 3.05) is 5.73 Å². The molecule has 7 nitrogen and oxygen atoms in total. The Morgan fingerprint density at radius 3 is 2.39 bits per heavy atom. The van der Waals surface area contributed by atoms with E-state index in [4.69, 9.17) is 11.0 Å². The lowest BCUT2D eigenvalue weighted by Crippen LogP contribution is -2.21. The molecule has 0 bridgehead atoms. The Kier molecular flexibility index (Phi) is 3.36. The minimum Gasteiger partial charge on any atom is -0.397 e. The largest absolute Gasteiger partial charge is 0.574 e. The highest BCUT2D eigenvalue weighted by atomic mass is 32.2. The lowest BCUT2D eigenvalue weighted by molar-refractivity contribution is -0.276. The van der Waals surface area contributed by atoms with Crippen molar-refractivity contribution in [3.05, 3.63) is 11.6 Å². The number of nitrogens with two attached hydrogens (primary N) is 2. The fraction of sp³-hybridized carbons (Fsp3) is 0.143. The number of aromatic nitrogens is 1. The first-order chi connectivity index (χ1) is 8.04. The fourth-order valence-electron chi connectivity index (χ4n) is 0.959. The van der Waals surface area contributed by atoms with Gasteiger partial charge in [0.05, 0.1) is 5.69 Å². The van der Waals surface area contributed by atoms with Gasteiger partial charge in [-0.1, -0.05) is 0 Å². The molecule has 0 saturated heterocycles. The fourth-order valence-corrected chi connectivity index (χ4v) is 1.46. The number of anilines is 1. The summed E-state index contributed by atoms with van der Waals surface area (Å²) in [5.74, 6) is -1.27. The first-order valence-electron chi connectivity index (χ1n) is 4.04. The van der Waals surface area contributed by atoms with Crippen molar-refractivity contribution in [2.24, 2.45) is 5.14 Å². The summed E-state index contributed by atoms with van der Waals surface area (Å²) in [6.45, 7) is 0. The molecular formula is C7H5F3N4O3S. The van der Waals surface area contributed by atoms with Crippen LogP contribution < -0.4 is 15.6 Å². The van der Waals surface area contributed by atoms with Crippen molar-refractivity contribution in [2.45, 2.75) is 11.4 Å². The minimum absolute atomic E-state index is 0.546. The molecule has 0 aromatic carbocycles. The van der Waals surface area contributed by atoms with Gasteiger partial charge in [-0.05, 0) is 0 Å². The third-order valence-corrected chi connectivity index (χ3v) is 2.40. The summed E-state index contributed by atoms with van der Waals surface area (Å²) in [6, 6.07) is 1.98. The third kappa shape index (κ3) is 3.22. The van der Waals surface area contributed by atoms with E-state index in [1.54, 1.807) is 0 Å². The van der Waals surface area contributed by atoms with Gasteiger partial charge >= 0.3 is 6.36 Å². The van der Waals surface area contributed by atoms with Crippen LogP contribution in [-0.2, 0) is 10.0 Å². The number of hydrogen-bond donors (Lipinski definition) is 2. The van der Waals surface area contributed by atoms with Crippen molar-refractivity contribution in [1.82, 2.24) is 4.98 Å². The predicted octanol–water partition coefficient (Wildman–Crippen LogP) is 0.0815. The monoisotopic (exact) mass is 282 g/mol. The SMILES string of the molecule is N#Cc1c(N)cc(S(N)(=O)=O)nc1OC(F)(F)F. The second kappa shape index (κ2) is 4.31. The number of nitrogen functional groups attached to an aromatic ring is 1. The van der Waals surface area contributed by atoms with Gasteiger partial charge in [0.2, 0.25) is 5.88 Å². The number of hydrogen-bond acceptors (Lipinski definition) is 6. The smallest absolute Gasteiger partial charge is 0.397 e. The quantitative estimate of drug-likeness (QED) is 0.789. The first-order valence-corrected chi connectivity index (χ1v) is 5.58. The van der Waals surface area contributed by atoms with Gasteiger partial charge in [0.15, 0.2) is 5.03 Å². The standard InChI is InChI=1S/C7H5F3N4O3S/c8-7(9,10)17-6-3(2-11)4(12)1-5(14-6)18(13,15)16/h1H,(H2,12,14)(H2,13,15,16). The van der Waals surface area contributed by atoms with Crippen LogP contribution in [0.1, 0.15) is 5.56 Å². The topological polar surface area (TPSA) is 132 Å². The highest BCUT2D eigenvalue weighted by molar-refractivity contribution is 7.89. The summed E-state index contributed by atoms with van der Waals surface area (Å²) >= 11 is 0. The Bertz CT molecular complexity index is 620. The third-order valence-electron chi connectivity index (χ3n) is 1.61. The molecule has 0 amide bonds. The maximum Gasteiger partial charge on any atom is 0.574 e. The lowest BCUT2D eigenvalue weighted by Gasteiger charge is -2.11. The van der Waals surface area contributed by atoms with E-state index in [9.17, 15) is 21.6 Å². The molecule has 0 saturated carbocycles. The van der Waals surface area contributed by atoms with Crippen LogP contribution in [0.4, 0.5) is 18.9 Å². The molecule has 11 heteroatoms. The number of nitriles is 1. The molecule has 0 atom stereocenters. The van der Waals surface area contributed by atoms with Crippen LogP contribution >= 0.6 is 0 Å². The highest BCUT2D eigenvalue weighted by Crippen LogP contribution is 2.29. The molecule has 0 fully saturated rings. The van der Waals surface area contributed by atoms with Gasteiger partial charge in [-0.15, -0.1) is 13.2 Å². The number of sulfonamides is 1. The summed E-state index contributed by atoms with van der Waals surface area (Å²) < 4.78 is 61.4. The molecule has 1 aromatic rings. The maximum absolute atomic E-state index is 12.0. The summed E-state index contributed by atoms with van der Waals surface area (Å²) in [5.41, 5.74) is 3.94. The van der Waals surface area contributed by atoms with E-state index in [1.807, 2.05) is 0 Å². The van der Waals surface area contributed by atoms with Crippen LogP contribution in [0, 0.1) is 11.3 Å². The van der Waals surface area contributed by atoms with Crippen molar-refractivity contribution in [1.29, 1.82) is 5.26 Å². The van der Waals surface area contributed by atoms with E-state index in [-0.39, 0.29) is 0 Å². The second-order valence-electron chi connectivity index (χ2n) is 2.93. The van der Waals surface area contributed by atoms with Gasteiger partial charge in [0.25, 0.3) is 10.0 Å². The predicted molar refractivity (Wildman–Crippen MR) is 51.4 cm³/mol. The Hall–Kier alpha value is -2.06. The van der Waals surface area contributed by atoms with Crippen LogP contribution in [-0.4, -0.2) is 19.8 Å². The van der Waals surface area contributed by atoms with Crippen molar-refractivity contribution >= 4 is 15.7 Å². The van der Waals surface area contributed by atoms with E-state index in [1.165, 1.54) is 6.07 Å². The van der Waals surface area contributed by atoms with Gasteiger partial charge in [0, 0.05) is 6.07 Å². The van der Waals surface area contributed by atoms with Crippen molar-refractivity contribution in [3.63, 3.8) is 0 Å². The van der Waals surface area contributed by atoms with Crippen molar-refractivity contribution in [3.8, 4) is 11.9 Å². The summed E-state index contributed by atoms with van der Waals surface area (Å²) in [7, 11) is -4.38. The van der Waals surface area contributed by atoms with Crippen molar-refractivity contribution < 1.29 is 26.3 Å². The summed E-state index contributed by atoms with van der Waals surface area (Å²) in [4.78, 5) is 3.00. The molecule has 0 aliphatic rings. The Morgan fingerprint density at radius 2 is 2.00 bits per heavy atom. The number of rotatable bonds is 2. The van der Waals surface area contributed by atoms with E-state index in [0.29, 0.717) is 6.07 Å². The second-order valence-corrected chi connectivity index (χ2v) is 4.44. The number of primary sulfonamides is 1. The Balaban J connectivity index is 3.48. The normalized spacial score (nSPS) is 11.9. The minimum atomic E-state index is -5.15. The van der Waals surface area contributed by atoms with E-state index in [0.717, 1.165) is 0 Å². The van der Waals surface area contributed by atoms with Crippen LogP contribution in [0.15, 0.2) is 11.1 Å². The first kappa shape index (κ1) is 14.0. The molecular weight excluding hydrogens is 277 g/mol. The average molecular weight is 282 g/mol. The number of nitrogens with zero attached hydrogens (tertiary/aromatic N) is 2. The van der Waals surface area contributed by atoms with Gasteiger partial charge in [-0.25, -0.2) is 13.6 Å². The molecule has 1 rings (SSSR count). The molecule has 4 N–H and O–H groups in total.